The van der Waals surface area contributed by atoms with Gasteiger partial charge in [0.2, 0.25) is 0 Å². The van der Waals surface area contributed by atoms with E-state index >= 15 is 0 Å². The lowest BCUT2D eigenvalue weighted by molar-refractivity contribution is -0.144. The molecule has 0 aromatic heterocycles. The first-order valence-corrected chi connectivity index (χ1v) is 6.22. The topological polar surface area (TPSA) is 38.3 Å². The molecule has 1 fully saturated rings. The van der Waals surface area contributed by atoms with E-state index in [2.05, 4.69) is 33.0 Å². The highest BCUT2D eigenvalue weighted by Gasteiger charge is 2.37. The lowest BCUT2D eigenvalue weighted by Crippen LogP contribution is -2.50. The monoisotopic (exact) mass is 227 g/mol. The SMILES string of the molecule is COC(=O)C(NC1CCCC1(C)C)C(C)C. The number of esters is 1. The Morgan fingerprint density at radius 1 is 1.44 bits per heavy atom. The molecule has 2 unspecified atom stereocenters. The third kappa shape index (κ3) is 2.97. The number of ether oxygens (including phenoxy) is 1. The zero-order chi connectivity index (χ0) is 12.3. The van der Waals surface area contributed by atoms with Gasteiger partial charge in [0.15, 0.2) is 0 Å². The average Bonchev–Trinajstić information content (AvgIpc) is 2.52. The molecular formula is C13H25NO2. The number of carbonyl (C=O) groups excluding carboxylic acids is 1. The van der Waals surface area contributed by atoms with Crippen LogP contribution < -0.4 is 5.32 Å². The van der Waals surface area contributed by atoms with E-state index in [1.807, 2.05) is 0 Å². The second-order valence-corrected chi connectivity index (χ2v) is 5.84. The van der Waals surface area contributed by atoms with Crippen molar-refractivity contribution in [3.63, 3.8) is 0 Å². The second-order valence-electron chi connectivity index (χ2n) is 5.84. The van der Waals surface area contributed by atoms with Crippen molar-refractivity contribution in [3.05, 3.63) is 0 Å². The predicted molar refractivity (Wildman–Crippen MR) is 65.2 cm³/mol. The Hall–Kier alpha value is -0.570. The van der Waals surface area contributed by atoms with Crippen LogP contribution in [-0.4, -0.2) is 25.2 Å². The van der Waals surface area contributed by atoms with Crippen LogP contribution in [0.5, 0.6) is 0 Å². The van der Waals surface area contributed by atoms with E-state index in [1.54, 1.807) is 0 Å². The molecule has 1 rings (SSSR count). The maximum atomic E-state index is 11.7. The Bertz CT molecular complexity index is 248. The number of rotatable bonds is 4. The first kappa shape index (κ1) is 13.5. The summed E-state index contributed by atoms with van der Waals surface area (Å²) in [5.41, 5.74) is 0.293. The molecule has 1 saturated carbocycles. The molecule has 0 aromatic rings. The molecule has 94 valence electrons. The van der Waals surface area contributed by atoms with Gasteiger partial charge in [0, 0.05) is 6.04 Å². The normalized spacial score (nSPS) is 25.8. The Kier molecular flexibility index (Phi) is 4.36. The van der Waals surface area contributed by atoms with Crippen molar-refractivity contribution in [1.82, 2.24) is 5.32 Å². The molecule has 0 bridgehead atoms. The maximum absolute atomic E-state index is 11.7. The molecule has 0 aliphatic heterocycles. The van der Waals surface area contributed by atoms with Crippen molar-refractivity contribution in [2.75, 3.05) is 7.11 Å². The fourth-order valence-corrected chi connectivity index (χ4v) is 2.51. The molecular weight excluding hydrogens is 202 g/mol. The highest BCUT2D eigenvalue weighted by molar-refractivity contribution is 5.76. The molecule has 16 heavy (non-hydrogen) atoms. The van der Waals surface area contributed by atoms with E-state index in [4.69, 9.17) is 4.74 Å². The van der Waals surface area contributed by atoms with Gasteiger partial charge in [-0.1, -0.05) is 34.1 Å². The molecule has 0 spiro atoms. The molecule has 0 aromatic carbocycles. The van der Waals surface area contributed by atoms with Gasteiger partial charge in [-0.05, 0) is 24.2 Å². The summed E-state index contributed by atoms with van der Waals surface area (Å²) in [4.78, 5) is 11.7. The van der Waals surface area contributed by atoms with Crippen LogP contribution >= 0.6 is 0 Å². The summed E-state index contributed by atoms with van der Waals surface area (Å²) in [7, 11) is 1.46. The summed E-state index contributed by atoms with van der Waals surface area (Å²) < 4.78 is 4.85. The minimum atomic E-state index is -0.174. The fraction of sp³-hybridized carbons (Fsp3) is 0.923. The van der Waals surface area contributed by atoms with Crippen LogP contribution in [0, 0.1) is 11.3 Å². The van der Waals surface area contributed by atoms with Crippen LogP contribution in [0.25, 0.3) is 0 Å². The molecule has 0 saturated heterocycles. The molecule has 1 aliphatic carbocycles. The fourth-order valence-electron chi connectivity index (χ4n) is 2.51. The maximum Gasteiger partial charge on any atom is 0.323 e. The number of hydrogen-bond acceptors (Lipinski definition) is 3. The quantitative estimate of drug-likeness (QED) is 0.749. The molecule has 3 heteroatoms. The van der Waals surface area contributed by atoms with Crippen LogP contribution in [0.15, 0.2) is 0 Å². The second kappa shape index (κ2) is 5.17. The first-order valence-electron chi connectivity index (χ1n) is 6.22. The van der Waals surface area contributed by atoms with Gasteiger partial charge >= 0.3 is 5.97 Å². The van der Waals surface area contributed by atoms with E-state index in [9.17, 15) is 4.79 Å². The Balaban J connectivity index is 2.65. The lowest BCUT2D eigenvalue weighted by Gasteiger charge is -2.32. The van der Waals surface area contributed by atoms with E-state index in [-0.39, 0.29) is 17.9 Å². The molecule has 1 N–H and O–H groups in total. The third-order valence-electron chi connectivity index (χ3n) is 3.76. The Labute approximate surface area is 98.9 Å². The van der Waals surface area contributed by atoms with E-state index in [1.165, 1.54) is 20.0 Å². The molecule has 1 aliphatic rings. The summed E-state index contributed by atoms with van der Waals surface area (Å²) in [6.07, 6.45) is 3.64. The van der Waals surface area contributed by atoms with Gasteiger partial charge in [-0.3, -0.25) is 4.79 Å². The summed E-state index contributed by atoms with van der Waals surface area (Å²) in [5.74, 6) is 0.126. The number of carbonyl (C=O) groups is 1. The third-order valence-corrected chi connectivity index (χ3v) is 3.76. The van der Waals surface area contributed by atoms with Crippen molar-refractivity contribution in [2.24, 2.45) is 11.3 Å². The minimum absolute atomic E-state index is 0.141. The molecule has 2 atom stereocenters. The van der Waals surface area contributed by atoms with Crippen molar-refractivity contribution in [3.8, 4) is 0 Å². The van der Waals surface area contributed by atoms with Gasteiger partial charge in [0.05, 0.1) is 7.11 Å². The summed E-state index contributed by atoms with van der Waals surface area (Å²) in [5, 5.41) is 3.48. The first-order chi connectivity index (χ1) is 7.38. The smallest absolute Gasteiger partial charge is 0.323 e. The molecule has 0 heterocycles. The molecule has 0 radical (unpaired) electrons. The number of nitrogens with one attached hydrogen (secondary N) is 1. The summed E-state index contributed by atoms with van der Waals surface area (Å²) in [6.45, 7) is 8.64. The highest BCUT2D eigenvalue weighted by atomic mass is 16.5. The van der Waals surface area contributed by atoms with E-state index in [0.717, 1.165) is 6.42 Å². The minimum Gasteiger partial charge on any atom is -0.468 e. The van der Waals surface area contributed by atoms with Crippen LogP contribution in [0.2, 0.25) is 0 Å². The van der Waals surface area contributed by atoms with Crippen molar-refractivity contribution >= 4 is 5.97 Å². The van der Waals surface area contributed by atoms with Gasteiger partial charge in [-0.15, -0.1) is 0 Å². The van der Waals surface area contributed by atoms with Crippen molar-refractivity contribution in [2.45, 2.75) is 59.0 Å². The Morgan fingerprint density at radius 3 is 2.44 bits per heavy atom. The van der Waals surface area contributed by atoms with Gasteiger partial charge in [-0.25, -0.2) is 0 Å². The summed E-state index contributed by atoms with van der Waals surface area (Å²) in [6, 6.07) is 0.256. The summed E-state index contributed by atoms with van der Waals surface area (Å²) >= 11 is 0. The Morgan fingerprint density at radius 2 is 2.06 bits per heavy atom. The highest BCUT2D eigenvalue weighted by Crippen LogP contribution is 2.37. The van der Waals surface area contributed by atoms with Crippen LogP contribution in [0.1, 0.15) is 47.0 Å². The van der Waals surface area contributed by atoms with Gasteiger partial charge < -0.3 is 10.1 Å². The standard InChI is InChI=1S/C13H25NO2/c1-9(2)11(12(15)16-5)14-10-7-6-8-13(10,3)4/h9-11,14H,6-8H2,1-5H3. The van der Waals surface area contributed by atoms with Crippen LogP contribution in [-0.2, 0) is 9.53 Å². The largest absolute Gasteiger partial charge is 0.468 e. The van der Waals surface area contributed by atoms with Gasteiger partial charge in [0.1, 0.15) is 6.04 Å². The zero-order valence-corrected chi connectivity index (χ0v) is 11.2. The van der Waals surface area contributed by atoms with Crippen LogP contribution in [0.4, 0.5) is 0 Å². The molecule has 0 amide bonds. The van der Waals surface area contributed by atoms with E-state index < -0.39 is 0 Å². The van der Waals surface area contributed by atoms with Crippen molar-refractivity contribution in [1.29, 1.82) is 0 Å². The molecule has 3 nitrogen and oxygen atoms in total. The number of methoxy groups -OCH3 is 1. The van der Waals surface area contributed by atoms with Crippen LogP contribution in [0.3, 0.4) is 0 Å². The average molecular weight is 227 g/mol. The zero-order valence-electron chi connectivity index (χ0n) is 11.2. The van der Waals surface area contributed by atoms with Gasteiger partial charge in [0.25, 0.3) is 0 Å². The van der Waals surface area contributed by atoms with E-state index in [0.29, 0.717) is 11.5 Å². The lowest BCUT2D eigenvalue weighted by atomic mass is 9.86. The van der Waals surface area contributed by atoms with Crippen molar-refractivity contribution < 1.29 is 9.53 Å². The van der Waals surface area contributed by atoms with Gasteiger partial charge in [-0.2, -0.15) is 0 Å². The number of hydrogen-bond donors (Lipinski definition) is 1. The predicted octanol–water partition coefficient (Wildman–Crippen LogP) is 2.35.